The molecule has 0 radical (unpaired) electrons. The molecule has 1 aromatic carbocycles. The first-order valence-corrected chi connectivity index (χ1v) is 8.73. The van der Waals surface area contributed by atoms with Crippen LogP contribution < -0.4 is 15.5 Å². The van der Waals surface area contributed by atoms with Crippen molar-refractivity contribution < 1.29 is 4.79 Å². The summed E-state index contributed by atoms with van der Waals surface area (Å²) in [4.78, 5) is 23.4. The second-order valence-corrected chi connectivity index (χ2v) is 6.60. The highest BCUT2D eigenvalue weighted by atomic mass is 16.2. The van der Waals surface area contributed by atoms with E-state index in [2.05, 4.69) is 32.4 Å². The van der Waals surface area contributed by atoms with E-state index < -0.39 is 0 Å². The van der Waals surface area contributed by atoms with E-state index in [1.54, 1.807) is 0 Å². The van der Waals surface area contributed by atoms with Crippen LogP contribution in [0.1, 0.15) is 35.4 Å². The van der Waals surface area contributed by atoms with E-state index in [1.807, 2.05) is 38.1 Å². The van der Waals surface area contributed by atoms with Crippen LogP contribution in [0, 0.1) is 20.8 Å². The average molecular weight is 339 g/mol. The van der Waals surface area contributed by atoms with Gasteiger partial charge in [0, 0.05) is 24.5 Å². The lowest BCUT2D eigenvalue weighted by atomic mass is 10.1. The van der Waals surface area contributed by atoms with Crippen molar-refractivity contribution in [3.8, 4) is 0 Å². The fourth-order valence-corrected chi connectivity index (χ4v) is 2.93. The number of aryl methyl sites for hydroxylation is 3. The second-order valence-electron chi connectivity index (χ2n) is 6.60. The van der Waals surface area contributed by atoms with Gasteiger partial charge < -0.3 is 15.5 Å². The summed E-state index contributed by atoms with van der Waals surface area (Å²) in [6.45, 7) is 8.42. The molecule has 2 N–H and O–H groups in total. The molecule has 0 spiro atoms. The molecule has 1 fully saturated rings. The number of anilines is 2. The summed E-state index contributed by atoms with van der Waals surface area (Å²) in [6.07, 6.45) is 2.37. The fraction of sp³-hybridized carbons (Fsp3) is 0.421. The lowest BCUT2D eigenvalue weighted by Gasteiger charge is -2.16. The Balaban J connectivity index is 1.60. The van der Waals surface area contributed by atoms with Crippen LogP contribution >= 0.6 is 0 Å². The molecule has 0 bridgehead atoms. The molecule has 6 heteroatoms. The molecular formula is C19H25N5O. The largest absolute Gasteiger partial charge is 0.341 e. The van der Waals surface area contributed by atoms with E-state index in [0.717, 1.165) is 41.7 Å². The number of nitrogens with one attached hydrogen (secondary N) is 2. The summed E-state index contributed by atoms with van der Waals surface area (Å²) in [6, 6.07) is 7.55. The minimum Gasteiger partial charge on any atom is -0.341 e. The summed E-state index contributed by atoms with van der Waals surface area (Å²) in [7, 11) is 0. The van der Waals surface area contributed by atoms with Gasteiger partial charge in [0.1, 0.15) is 0 Å². The summed E-state index contributed by atoms with van der Waals surface area (Å²) < 4.78 is 0. The van der Waals surface area contributed by atoms with Crippen LogP contribution in [0.2, 0.25) is 0 Å². The smallest absolute Gasteiger partial charge is 0.319 e. The van der Waals surface area contributed by atoms with Crippen LogP contribution in [-0.4, -0.2) is 29.1 Å². The minimum absolute atomic E-state index is 0.234. The van der Waals surface area contributed by atoms with Crippen molar-refractivity contribution in [1.29, 1.82) is 0 Å². The molecule has 1 saturated heterocycles. The van der Waals surface area contributed by atoms with Gasteiger partial charge in [-0.3, -0.25) is 0 Å². The second kappa shape index (κ2) is 7.51. The Morgan fingerprint density at radius 1 is 1.08 bits per heavy atom. The highest BCUT2D eigenvalue weighted by molar-refractivity contribution is 5.89. The van der Waals surface area contributed by atoms with Gasteiger partial charge in [0.15, 0.2) is 0 Å². The fourth-order valence-electron chi connectivity index (χ4n) is 2.93. The summed E-state index contributed by atoms with van der Waals surface area (Å²) in [5, 5.41) is 5.73. The molecular weight excluding hydrogens is 314 g/mol. The quantitative estimate of drug-likeness (QED) is 0.896. The standard InChI is InChI=1S/C19H25N5O/c1-13-6-7-16(10-14(13)2)23-19(25)20-12-17-11-15(3)21-18(22-17)24-8-4-5-9-24/h6-7,10-11H,4-5,8-9,12H2,1-3H3,(H2,20,23,25). The first-order chi connectivity index (χ1) is 12.0. The Morgan fingerprint density at radius 2 is 1.84 bits per heavy atom. The monoisotopic (exact) mass is 339 g/mol. The third-order valence-electron chi connectivity index (χ3n) is 4.48. The summed E-state index contributed by atoms with van der Waals surface area (Å²) >= 11 is 0. The maximum atomic E-state index is 12.1. The molecule has 3 rings (SSSR count). The van der Waals surface area contributed by atoms with Gasteiger partial charge in [-0.05, 0) is 62.9 Å². The molecule has 1 aliphatic rings. The Morgan fingerprint density at radius 3 is 2.56 bits per heavy atom. The lowest BCUT2D eigenvalue weighted by Crippen LogP contribution is -2.29. The van der Waals surface area contributed by atoms with Crippen molar-refractivity contribution in [1.82, 2.24) is 15.3 Å². The molecule has 0 saturated carbocycles. The van der Waals surface area contributed by atoms with Crippen molar-refractivity contribution in [2.75, 3.05) is 23.3 Å². The maximum Gasteiger partial charge on any atom is 0.319 e. The van der Waals surface area contributed by atoms with Crippen LogP contribution in [0.15, 0.2) is 24.3 Å². The minimum atomic E-state index is -0.234. The molecule has 0 unspecified atom stereocenters. The van der Waals surface area contributed by atoms with E-state index in [1.165, 1.54) is 18.4 Å². The highest BCUT2D eigenvalue weighted by Gasteiger charge is 2.16. The molecule has 2 aromatic rings. The van der Waals surface area contributed by atoms with Crippen molar-refractivity contribution in [2.45, 2.75) is 40.2 Å². The number of rotatable bonds is 4. The van der Waals surface area contributed by atoms with Gasteiger partial charge in [-0.2, -0.15) is 0 Å². The number of amides is 2. The van der Waals surface area contributed by atoms with Crippen molar-refractivity contribution in [3.63, 3.8) is 0 Å². The molecule has 1 aromatic heterocycles. The van der Waals surface area contributed by atoms with E-state index in [4.69, 9.17) is 0 Å². The van der Waals surface area contributed by atoms with E-state index in [0.29, 0.717) is 6.54 Å². The molecule has 132 valence electrons. The van der Waals surface area contributed by atoms with Gasteiger partial charge in [-0.1, -0.05) is 6.07 Å². The third-order valence-corrected chi connectivity index (χ3v) is 4.48. The van der Waals surface area contributed by atoms with Gasteiger partial charge in [0.2, 0.25) is 5.95 Å². The number of hydrogen-bond acceptors (Lipinski definition) is 4. The summed E-state index contributed by atoms with van der Waals surface area (Å²) in [5.41, 5.74) is 4.89. The molecule has 2 amide bonds. The molecule has 0 aliphatic carbocycles. The van der Waals surface area contributed by atoms with Gasteiger partial charge >= 0.3 is 6.03 Å². The lowest BCUT2D eigenvalue weighted by molar-refractivity contribution is 0.251. The highest BCUT2D eigenvalue weighted by Crippen LogP contribution is 2.17. The number of carbonyl (C=O) groups excluding carboxylic acids is 1. The van der Waals surface area contributed by atoms with Crippen LogP contribution in [0.3, 0.4) is 0 Å². The average Bonchev–Trinajstić information content (AvgIpc) is 3.10. The predicted octanol–water partition coefficient (Wildman–Crippen LogP) is 3.32. The molecule has 25 heavy (non-hydrogen) atoms. The molecule has 6 nitrogen and oxygen atoms in total. The Kier molecular flexibility index (Phi) is 5.16. The number of nitrogens with zero attached hydrogens (tertiary/aromatic N) is 3. The zero-order valence-electron chi connectivity index (χ0n) is 15.1. The number of urea groups is 1. The van der Waals surface area contributed by atoms with Gasteiger partial charge in [0.25, 0.3) is 0 Å². The summed E-state index contributed by atoms with van der Waals surface area (Å²) in [5.74, 6) is 0.767. The van der Waals surface area contributed by atoms with Gasteiger partial charge in [-0.25, -0.2) is 14.8 Å². The molecule has 0 atom stereocenters. The third kappa shape index (κ3) is 4.47. The van der Waals surface area contributed by atoms with Crippen molar-refractivity contribution in [3.05, 3.63) is 46.8 Å². The first-order valence-electron chi connectivity index (χ1n) is 8.73. The van der Waals surface area contributed by atoms with Crippen molar-refractivity contribution in [2.24, 2.45) is 0 Å². The van der Waals surface area contributed by atoms with E-state index in [9.17, 15) is 4.79 Å². The number of benzene rings is 1. The number of hydrogen-bond donors (Lipinski definition) is 2. The van der Waals surface area contributed by atoms with Crippen LogP contribution in [0.5, 0.6) is 0 Å². The maximum absolute atomic E-state index is 12.1. The first kappa shape index (κ1) is 17.2. The zero-order chi connectivity index (χ0) is 17.8. The van der Waals surface area contributed by atoms with Gasteiger partial charge in [0.05, 0.1) is 12.2 Å². The predicted molar refractivity (Wildman–Crippen MR) is 100.0 cm³/mol. The SMILES string of the molecule is Cc1cc(CNC(=O)Nc2ccc(C)c(C)c2)nc(N2CCCC2)n1. The van der Waals surface area contributed by atoms with Crippen LogP contribution in [-0.2, 0) is 6.54 Å². The Bertz CT molecular complexity index is 768. The van der Waals surface area contributed by atoms with E-state index in [-0.39, 0.29) is 6.03 Å². The topological polar surface area (TPSA) is 70.2 Å². The number of carbonyl (C=O) groups is 1. The van der Waals surface area contributed by atoms with Gasteiger partial charge in [-0.15, -0.1) is 0 Å². The Labute approximate surface area is 148 Å². The van der Waals surface area contributed by atoms with Crippen molar-refractivity contribution >= 4 is 17.7 Å². The molecule has 1 aliphatic heterocycles. The van der Waals surface area contributed by atoms with Crippen LogP contribution in [0.25, 0.3) is 0 Å². The number of aromatic nitrogens is 2. The normalized spacial score (nSPS) is 13.8. The molecule has 2 heterocycles. The zero-order valence-corrected chi connectivity index (χ0v) is 15.1. The van der Waals surface area contributed by atoms with Crippen LogP contribution in [0.4, 0.5) is 16.4 Å². The Hall–Kier alpha value is -2.63. The van der Waals surface area contributed by atoms with E-state index >= 15 is 0 Å².